The fourth-order valence-electron chi connectivity index (χ4n) is 4.81. The molecule has 3 amide bonds. The Morgan fingerprint density at radius 1 is 1.35 bits per heavy atom. The molecule has 3 atom stereocenters. The number of benzene rings is 1. The summed E-state index contributed by atoms with van der Waals surface area (Å²) in [6.45, 7) is 2.51. The highest BCUT2D eigenvalue weighted by molar-refractivity contribution is 6.33. The Morgan fingerprint density at radius 3 is 2.62 bits per heavy atom. The number of aromatic nitrogens is 1. The molecule has 1 spiro atoms. The summed E-state index contributed by atoms with van der Waals surface area (Å²) in [5.74, 6) is -2.68. The number of aromatic amines is 1. The number of nitrogens with zero attached hydrogens (tertiary/aromatic N) is 1. The number of hydrogen-bond acceptors (Lipinski definition) is 5. The SMILES string of the molecule is COc1c(Cl)cc(F)c2[nH]c(C(=O)NC(CC(C)(C)F)C(=O)NC(C#N)CC3CC4(CC4)NC3=O)cc12. The van der Waals surface area contributed by atoms with E-state index in [0.717, 1.165) is 18.9 Å². The Kier molecular flexibility index (Phi) is 7.08. The van der Waals surface area contributed by atoms with E-state index < -0.39 is 41.3 Å². The van der Waals surface area contributed by atoms with E-state index in [-0.39, 0.29) is 51.7 Å². The van der Waals surface area contributed by atoms with Gasteiger partial charge in [-0.25, -0.2) is 8.78 Å². The van der Waals surface area contributed by atoms with E-state index in [4.69, 9.17) is 16.3 Å². The molecule has 3 unspecified atom stereocenters. The normalized spacial score (nSPS) is 19.7. The van der Waals surface area contributed by atoms with Crippen molar-refractivity contribution in [3.63, 3.8) is 0 Å². The second-order valence-electron chi connectivity index (χ2n) is 10.4. The predicted octanol–water partition coefficient (Wildman–Crippen LogP) is 3.27. The van der Waals surface area contributed by atoms with E-state index in [1.54, 1.807) is 0 Å². The zero-order valence-electron chi connectivity index (χ0n) is 20.6. The molecule has 0 radical (unpaired) electrons. The van der Waals surface area contributed by atoms with Crippen LogP contribution in [0.4, 0.5) is 8.78 Å². The number of hydrogen-bond donors (Lipinski definition) is 4. The van der Waals surface area contributed by atoms with Crippen molar-refractivity contribution in [1.82, 2.24) is 20.9 Å². The maximum absolute atomic E-state index is 14.6. The van der Waals surface area contributed by atoms with Crippen molar-refractivity contribution < 1.29 is 27.9 Å². The quantitative estimate of drug-likeness (QED) is 0.391. The van der Waals surface area contributed by atoms with Crippen LogP contribution in [0.5, 0.6) is 5.75 Å². The van der Waals surface area contributed by atoms with Crippen LogP contribution in [0.2, 0.25) is 5.02 Å². The van der Waals surface area contributed by atoms with Gasteiger partial charge in [-0.1, -0.05) is 11.6 Å². The van der Waals surface area contributed by atoms with Gasteiger partial charge in [0, 0.05) is 23.3 Å². The molecule has 2 aliphatic rings. The molecule has 1 saturated heterocycles. The van der Waals surface area contributed by atoms with E-state index in [1.165, 1.54) is 27.0 Å². The molecule has 12 heteroatoms. The van der Waals surface area contributed by atoms with E-state index in [0.29, 0.717) is 6.42 Å². The van der Waals surface area contributed by atoms with Gasteiger partial charge in [0.1, 0.15) is 35.0 Å². The first-order chi connectivity index (χ1) is 17.3. The number of fused-ring (bicyclic) bond motifs is 1. The average molecular weight is 536 g/mol. The molecule has 2 heterocycles. The molecule has 1 aromatic carbocycles. The molecule has 2 fully saturated rings. The Hall–Kier alpha value is -3.39. The molecular formula is C25H28ClF2N5O4. The monoisotopic (exact) mass is 535 g/mol. The summed E-state index contributed by atoms with van der Waals surface area (Å²) in [7, 11) is 1.35. The molecule has 1 aliphatic heterocycles. The van der Waals surface area contributed by atoms with Crippen LogP contribution in [0.25, 0.3) is 10.9 Å². The highest BCUT2D eigenvalue weighted by atomic mass is 35.5. The van der Waals surface area contributed by atoms with Crippen molar-refractivity contribution in [2.45, 2.75) is 69.2 Å². The third-order valence-electron chi connectivity index (χ3n) is 6.77. The minimum atomic E-state index is -1.84. The minimum Gasteiger partial charge on any atom is -0.494 e. The Labute approximate surface area is 217 Å². The molecule has 37 heavy (non-hydrogen) atoms. The number of halogens is 3. The van der Waals surface area contributed by atoms with Crippen LogP contribution in [0.15, 0.2) is 12.1 Å². The summed E-state index contributed by atoms with van der Waals surface area (Å²) >= 11 is 6.02. The summed E-state index contributed by atoms with van der Waals surface area (Å²) in [4.78, 5) is 41.0. The molecule has 1 aromatic heterocycles. The number of H-pyrrole nitrogens is 1. The number of nitriles is 1. The smallest absolute Gasteiger partial charge is 0.268 e. The second-order valence-corrected chi connectivity index (χ2v) is 10.8. The molecule has 2 aromatic rings. The number of ether oxygens (including phenoxy) is 1. The Balaban J connectivity index is 1.50. The fraction of sp³-hybridized carbons (Fsp3) is 0.520. The van der Waals surface area contributed by atoms with E-state index in [2.05, 4.69) is 20.9 Å². The topological polar surface area (TPSA) is 136 Å². The third kappa shape index (κ3) is 5.80. The first-order valence-electron chi connectivity index (χ1n) is 11.9. The number of carbonyl (C=O) groups excluding carboxylic acids is 3. The lowest BCUT2D eigenvalue weighted by atomic mass is 9.95. The average Bonchev–Trinajstić information content (AvgIpc) is 3.27. The standard InChI is InChI=1S/C25H28ClF2N5O4/c1-24(2,28)10-18(23(36)30-13(11-29)6-12-9-25(4-5-25)33-21(12)34)32-22(35)17-7-14-19(31-17)16(27)8-15(26)20(14)37-3/h7-8,12-13,18,31H,4-6,9-10H2,1-3H3,(H,30,36)(H,32,35)(H,33,34). The van der Waals surface area contributed by atoms with Crippen LogP contribution in [0.1, 0.15) is 56.4 Å². The van der Waals surface area contributed by atoms with Crippen molar-refractivity contribution in [1.29, 1.82) is 5.26 Å². The highest BCUT2D eigenvalue weighted by Gasteiger charge is 2.52. The van der Waals surface area contributed by atoms with Crippen molar-refractivity contribution in [3.8, 4) is 11.8 Å². The van der Waals surface area contributed by atoms with Gasteiger partial charge in [0.05, 0.1) is 23.7 Å². The van der Waals surface area contributed by atoms with Gasteiger partial charge >= 0.3 is 0 Å². The summed E-state index contributed by atoms with van der Waals surface area (Å²) < 4.78 is 34.2. The molecular weight excluding hydrogens is 508 g/mol. The van der Waals surface area contributed by atoms with Gasteiger partial charge in [0.2, 0.25) is 11.8 Å². The van der Waals surface area contributed by atoms with Gasteiger partial charge < -0.3 is 25.7 Å². The minimum absolute atomic E-state index is 0.0148. The van der Waals surface area contributed by atoms with Crippen LogP contribution >= 0.6 is 11.6 Å². The second kappa shape index (κ2) is 9.82. The molecule has 198 valence electrons. The summed E-state index contributed by atoms with van der Waals surface area (Å²) in [5.41, 5.74) is -2.14. The first-order valence-corrected chi connectivity index (χ1v) is 12.3. The van der Waals surface area contributed by atoms with Crippen LogP contribution < -0.4 is 20.7 Å². The predicted molar refractivity (Wildman–Crippen MR) is 131 cm³/mol. The van der Waals surface area contributed by atoms with Gasteiger partial charge in [0.15, 0.2) is 0 Å². The molecule has 1 aliphatic carbocycles. The Morgan fingerprint density at radius 2 is 2.05 bits per heavy atom. The third-order valence-corrected chi connectivity index (χ3v) is 7.05. The largest absolute Gasteiger partial charge is 0.494 e. The van der Waals surface area contributed by atoms with Crippen LogP contribution in [-0.4, -0.2) is 53.1 Å². The van der Waals surface area contributed by atoms with Crippen LogP contribution in [0, 0.1) is 23.1 Å². The van der Waals surface area contributed by atoms with Gasteiger partial charge in [-0.05, 0) is 51.7 Å². The van der Waals surface area contributed by atoms with E-state index in [9.17, 15) is 28.4 Å². The number of alkyl halides is 1. The van der Waals surface area contributed by atoms with Gasteiger partial charge in [-0.3, -0.25) is 14.4 Å². The summed E-state index contributed by atoms with van der Waals surface area (Å²) in [5, 5.41) is 17.8. The lowest BCUT2D eigenvalue weighted by molar-refractivity contribution is -0.125. The number of rotatable bonds is 9. The van der Waals surface area contributed by atoms with Gasteiger partial charge in [-0.2, -0.15) is 5.26 Å². The maximum Gasteiger partial charge on any atom is 0.268 e. The van der Waals surface area contributed by atoms with Crippen molar-refractivity contribution >= 4 is 40.2 Å². The van der Waals surface area contributed by atoms with Crippen molar-refractivity contribution in [2.24, 2.45) is 5.92 Å². The van der Waals surface area contributed by atoms with Crippen LogP contribution in [0.3, 0.4) is 0 Å². The number of carbonyl (C=O) groups is 3. The summed E-state index contributed by atoms with van der Waals surface area (Å²) in [6.07, 6.45) is 2.11. The zero-order chi connectivity index (χ0) is 27.1. The lowest BCUT2D eigenvalue weighted by Crippen LogP contribution is -2.51. The van der Waals surface area contributed by atoms with Crippen molar-refractivity contribution in [3.05, 3.63) is 28.7 Å². The zero-order valence-corrected chi connectivity index (χ0v) is 21.4. The van der Waals surface area contributed by atoms with Crippen LogP contribution in [-0.2, 0) is 9.59 Å². The molecule has 0 bridgehead atoms. The Bertz CT molecular complexity index is 1290. The molecule has 4 N–H and O–H groups in total. The van der Waals surface area contributed by atoms with Gasteiger partial charge in [-0.15, -0.1) is 0 Å². The fourth-order valence-corrected chi connectivity index (χ4v) is 5.08. The molecule has 1 saturated carbocycles. The summed E-state index contributed by atoms with van der Waals surface area (Å²) in [6, 6.07) is 1.98. The highest BCUT2D eigenvalue weighted by Crippen LogP contribution is 2.46. The number of nitrogens with one attached hydrogen (secondary N) is 4. The maximum atomic E-state index is 14.6. The lowest BCUT2D eigenvalue weighted by Gasteiger charge is -2.25. The first kappa shape index (κ1) is 26.7. The molecule has 4 rings (SSSR count). The van der Waals surface area contributed by atoms with E-state index >= 15 is 0 Å². The molecule has 9 nitrogen and oxygen atoms in total. The van der Waals surface area contributed by atoms with Crippen molar-refractivity contribution in [2.75, 3.05) is 7.11 Å². The number of amides is 3. The van der Waals surface area contributed by atoms with Gasteiger partial charge in [0.25, 0.3) is 5.91 Å². The number of methoxy groups -OCH3 is 1. The van der Waals surface area contributed by atoms with E-state index in [1.807, 2.05) is 6.07 Å².